The van der Waals surface area contributed by atoms with Crippen molar-refractivity contribution in [2.75, 3.05) is 26.0 Å². The van der Waals surface area contributed by atoms with Gasteiger partial charge in [0.05, 0.1) is 23.4 Å². The summed E-state index contributed by atoms with van der Waals surface area (Å²) in [6, 6.07) is 18.3. The molecule has 4 rings (SSSR count). The van der Waals surface area contributed by atoms with Crippen LogP contribution in [0.5, 0.6) is 5.75 Å². The van der Waals surface area contributed by atoms with Gasteiger partial charge in [-0.15, -0.1) is 0 Å². The standard InChI is InChI=1S/C22H22N2O2S/c1-26-17-9-10-18-19(16-7-3-2-4-8-16)14-21(23-20(18)13-17)27-15-22(25)24-11-5-6-12-24/h2-4,7-10,13-14H,5-6,11-12,15H2,1H3. The van der Waals surface area contributed by atoms with E-state index in [2.05, 4.69) is 18.2 Å². The Kier molecular flexibility index (Phi) is 5.30. The van der Waals surface area contributed by atoms with Crippen LogP contribution >= 0.6 is 11.8 Å². The monoisotopic (exact) mass is 378 g/mol. The van der Waals surface area contributed by atoms with Crippen LogP contribution in [0.15, 0.2) is 59.6 Å². The predicted octanol–water partition coefficient (Wildman–Crippen LogP) is 4.62. The third-order valence-electron chi connectivity index (χ3n) is 4.88. The summed E-state index contributed by atoms with van der Waals surface area (Å²) in [5.74, 6) is 1.41. The van der Waals surface area contributed by atoms with Gasteiger partial charge in [0, 0.05) is 24.5 Å². The first-order chi connectivity index (χ1) is 13.2. The summed E-state index contributed by atoms with van der Waals surface area (Å²) in [6.07, 6.45) is 2.23. The zero-order chi connectivity index (χ0) is 18.6. The van der Waals surface area contributed by atoms with Crippen molar-refractivity contribution in [3.8, 4) is 16.9 Å². The molecule has 0 atom stereocenters. The van der Waals surface area contributed by atoms with E-state index >= 15 is 0 Å². The first-order valence-electron chi connectivity index (χ1n) is 9.19. The third-order valence-corrected chi connectivity index (χ3v) is 5.78. The second kappa shape index (κ2) is 8.01. The molecule has 0 N–H and O–H groups in total. The number of fused-ring (bicyclic) bond motifs is 1. The minimum Gasteiger partial charge on any atom is -0.497 e. The Morgan fingerprint density at radius 2 is 1.89 bits per heavy atom. The van der Waals surface area contributed by atoms with E-state index in [1.54, 1.807) is 7.11 Å². The van der Waals surface area contributed by atoms with Crippen molar-refractivity contribution in [1.82, 2.24) is 9.88 Å². The second-order valence-corrected chi connectivity index (χ2v) is 7.63. The number of hydrogen-bond acceptors (Lipinski definition) is 4. The zero-order valence-corrected chi connectivity index (χ0v) is 16.2. The molecule has 0 radical (unpaired) electrons. The molecule has 5 heteroatoms. The number of likely N-dealkylation sites (tertiary alicyclic amines) is 1. The Hall–Kier alpha value is -2.53. The smallest absolute Gasteiger partial charge is 0.232 e. The van der Waals surface area contributed by atoms with Gasteiger partial charge in [-0.1, -0.05) is 42.1 Å². The van der Waals surface area contributed by atoms with E-state index in [0.29, 0.717) is 5.75 Å². The van der Waals surface area contributed by atoms with Crippen LogP contribution < -0.4 is 4.74 Å². The van der Waals surface area contributed by atoms with Crippen LogP contribution in [0.25, 0.3) is 22.0 Å². The molecule has 138 valence electrons. The molecule has 1 amide bonds. The number of aromatic nitrogens is 1. The molecule has 3 aromatic rings. The highest BCUT2D eigenvalue weighted by molar-refractivity contribution is 7.99. The SMILES string of the molecule is COc1ccc2c(-c3ccccc3)cc(SCC(=O)N3CCCC3)nc2c1. The Morgan fingerprint density at radius 3 is 2.63 bits per heavy atom. The maximum Gasteiger partial charge on any atom is 0.232 e. The van der Waals surface area contributed by atoms with E-state index in [1.165, 1.54) is 11.8 Å². The number of carbonyl (C=O) groups excluding carboxylic acids is 1. The largest absolute Gasteiger partial charge is 0.497 e. The number of pyridine rings is 1. The van der Waals surface area contributed by atoms with E-state index in [1.807, 2.05) is 41.3 Å². The number of thioether (sulfide) groups is 1. The summed E-state index contributed by atoms with van der Waals surface area (Å²) in [5, 5.41) is 1.94. The molecule has 0 spiro atoms. The van der Waals surface area contributed by atoms with Crippen molar-refractivity contribution in [3.63, 3.8) is 0 Å². The third kappa shape index (κ3) is 3.93. The predicted molar refractivity (Wildman–Crippen MR) is 110 cm³/mol. The summed E-state index contributed by atoms with van der Waals surface area (Å²) in [7, 11) is 1.66. The first-order valence-corrected chi connectivity index (χ1v) is 10.2. The van der Waals surface area contributed by atoms with Gasteiger partial charge < -0.3 is 9.64 Å². The molecular weight excluding hydrogens is 356 g/mol. The fraction of sp³-hybridized carbons (Fsp3) is 0.273. The Balaban J connectivity index is 1.68. The maximum atomic E-state index is 12.4. The lowest BCUT2D eigenvalue weighted by Crippen LogP contribution is -2.29. The quantitative estimate of drug-likeness (QED) is 0.607. The number of benzene rings is 2. The normalized spacial score (nSPS) is 13.9. The fourth-order valence-corrected chi connectivity index (χ4v) is 4.25. The molecule has 4 nitrogen and oxygen atoms in total. The number of amides is 1. The van der Waals surface area contributed by atoms with Gasteiger partial charge in [0.25, 0.3) is 0 Å². The van der Waals surface area contributed by atoms with Crippen molar-refractivity contribution in [2.24, 2.45) is 0 Å². The van der Waals surface area contributed by atoms with Gasteiger partial charge in [-0.2, -0.15) is 0 Å². The van der Waals surface area contributed by atoms with E-state index < -0.39 is 0 Å². The van der Waals surface area contributed by atoms with Crippen molar-refractivity contribution in [1.29, 1.82) is 0 Å². The fourth-order valence-electron chi connectivity index (χ4n) is 3.43. The van der Waals surface area contributed by atoms with Gasteiger partial charge in [0.1, 0.15) is 5.75 Å². The molecule has 0 saturated carbocycles. The Labute approximate surface area is 163 Å². The van der Waals surface area contributed by atoms with Crippen LogP contribution in [0.4, 0.5) is 0 Å². The van der Waals surface area contributed by atoms with E-state index in [0.717, 1.165) is 58.7 Å². The zero-order valence-electron chi connectivity index (χ0n) is 15.4. The number of ether oxygens (including phenoxy) is 1. The molecule has 1 aliphatic rings. The highest BCUT2D eigenvalue weighted by Gasteiger charge is 2.18. The average molecular weight is 378 g/mol. The van der Waals surface area contributed by atoms with Gasteiger partial charge in [-0.05, 0) is 42.2 Å². The van der Waals surface area contributed by atoms with Crippen LogP contribution in [0.2, 0.25) is 0 Å². The molecule has 2 heterocycles. The van der Waals surface area contributed by atoms with Crippen molar-refractivity contribution < 1.29 is 9.53 Å². The van der Waals surface area contributed by atoms with Crippen molar-refractivity contribution >= 4 is 28.6 Å². The topological polar surface area (TPSA) is 42.4 Å². The van der Waals surface area contributed by atoms with Gasteiger partial charge >= 0.3 is 0 Å². The van der Waals surface area contributed by atoms with Gasteiger partial charge in [-0.3, -0.25) is 4.79 Å². The molecule has 0 aliphatic carbocycles. The first kappa shape index (κ1) is 17.9. The minimum atomic E-state index is 0.200. The lowest BCUT2D eigenvalue weighted by Gasteiger charge is -2.15. The number of methoxy groups -OCH3 is 1. The molecule has 1 fully saturated rings. The molecule has 0 bridgehead atoms. The lowest BCUT2D eigenvalue weighted by atomic mass is 10.0. The number of nitrogens with zero attached hydrogens (tertiary/aromatic N) is 2. The Morgan fingerprint density at radius 1 is 1.11 bits per heavy atom. The Bertz CT molecular complexity index is 953. The summed E-state index contributed by atoms with van der Waals surface area (Å²) in [6.45, 7) is 1.77. The van der Waals surface area contributed by atoms with E-state index in [-0.39, 0.29) is 5.91 Å². The summed E-state index contributed by atoms with van der Waals surface area (Å²) in [5.41, 5.74) is 3.15. The minimum absolute atomic E-state index is 0.200. The summed E-state index contributed by atoms with van der Waals surface area (Å²) >= 11 is 1.51. The van der Waals surface area contributed by atoms with Crippen LogP contribution in [0.1, 0.15) is 12.8 Å². The van der Waals surface area contributed by atoms with Gasteiger partial charge in [-0.25, -0.2) is 4.98 Å². The van der Waals surface area contributed by atoms with Crippen LogP contribution in [-0.4, -0.2) is 41.7 Å². The van der Waals surface area contributed by atoms with Gasteiger partial charge in [0.15, 0.2) is 0 Å². The number of carbonyl (C=O) groups is 1. The molecule has 27 heavy (non-hydrogen) atoms. The number of rotatable bonds is 5. The second-order valence-electron chi connectivity index (χ2n) is 6.63. The van der Waals surface area contributed by atoms with Crippen molar-refractivity contribution in [2.45, 2.75) is 17.9 Å². The molecule has 2 aromatic carbocycles. The van der Waals surface area contributed by atoms with Crippen molar-refractivity contribution in [3.05, 3.63) is 54.6 Å². The molecule has 1 aliphatic heterocycles. The van der Waals surface area contributed by atoms with Gasteiger partial charge in [0.2, 0.25) is 5.91 Å². The van der Waals surface area contributed by atoms with Crippen LogP contribution in [0.3, 0.4) is 0 Å². The molecular formula is C22H22N2O2S. The highest BCUT2D eigenvalue weighted by Crippen LogP contribution is 2.33. The maximum absolute atomic E-state index is 12.4. The number of hydrogen-bond donors (Lipinski definition) is 0. The highest BCUT2D eigenvalue weighted by atomic mass is 32.2. The summed E-state index contributed by atoms with van der Waals surface area (Å²) in [4.78, 5) is 19.1. The van der Waals surface area contributed by atoms with Crippen LogP contribution in [-0.2, 0) is 4.79 Å². The van der Waals surface area contributed by atoms with Crippen LogP contribution in [0, 0.1) is 0 Å². The lowest BCUT2D eigenvalue weighted by molar-refractivity contribution is -0.127. The van der Waals surface area contributed by atoms with E-state index in [4.69, 9.17) is 9.72 Å². The summed E-state index contributed by atoms with van der Waals surface area (Å²) < 4.78 is 5.37. The average Bonchev–Trinajstić information content (AvgIpc) is 3.26. The molecule has 1 aromatic heterocycles. The molecule has 0 unspecified atom stereocenters. The molecule has 1 saturated heterocycles. The van der Waals surface area contributed by atoms with E-state index in [9.17, 15) is 4.79 Å².